The van der Waals surface area contributed by atoms with E-state index in [4.69, 9.17) is 5.10 Å². The minimum absolute atomic E-state index is 0. The number of carbonyl (C=O) groups is 1. The summed E-state index contributed by atoms with van der Waals surface area (Å²) in [6.45, 7) is 5.41. The third kappa shape index (κ3) is 6.02. The first kappa shape index (κ1) is 29.6. The lowest BCUT2D eigenvalue weighted by Gasteiger charge is -2.33. The topological polar surface area (TPSA) is 41.4 Å². The van der Waals surface area contributed by atoms with Crippen LogP contribution in [0.1, 0.15) is 83.7 Å². The molecular weight excluding hydrogens is 556 g/mol. The van der Waals surface area contributed by atoms with E-state index in [0.717, 1.165) is 62.6 Å². The number of alkyl halides is 3. The number of hydrogen-bond donors (Lipinski definition) is 0. The molecule has 1 amide bonds. The number of nitrogens with zero attached hydrogens (tertiary/aromatic N) is 4. The fourth-order valence-corrected chi connectivity index (χ4v) is 6.47. The first-order chi connectivity index (χ1) is 19.1. The van der Waals surface area contributed by atoms with Gasteiger partial charge in [-0.15, -0.1) is 12.4 Å². The van der Waals surface area contributed by atoms with Crippen LogP contribution in [0.5, 0.6) is 0 Å². The van der Waals surface area contributed by atoms with Crippen LogP contribution >= 0.6 is 12.4 Å². The molecule has 3 aromatic rings. The molecule has 0 spiro atoms. The Morgan fingerprint density at radius 3 is 2.34 bits per heavy atom. The molecule has 1 unspecified atom stereocenters. The van der Waals surface area contributed by atoms with E-state index in [1.54, 1.807) is 23.2 Å². The molecule has 0 N–H and O–H groups in total. The minimum Gasteiger partial charge on any atom is -0.338 e. The smallest absolute Gasteiger partial charge is 0.338 e. The average molecular weight is 591 g/mol. The summed E-state index contributed by atoms with van der Waals surface area (Å²) in [5.41, 5.74) is 2.21. The van der Waals surface area contributed by atoms with Gasteiger partial charge in [0.2, 0.25) is 0 Å². The van der Waals surface area contributed by atoms with Crippen molar-refractivity contribution in [2.24, 2.45) is 0 Å². The fourth-order valence-electron chi connectivity index (χ4n) is 6.47. The molecule has 3 heterocycles. The molecule has 0 radical (unpaired) electrons. The lowest BCUT2D eigenvalue weighted by Crippen LogP contribution is -2.36. The molecule has 1 atom stereocenters. The van der Waals surface area contributed by atoms with E-state index in [0.29, 0.717) is 18.5 Å². The van der Waals surface area contributed by atoms with E-state index in [1.807, 2.05) is 12.1 Å². The zero-order valence-corrected chi connectivity index (χ0v) is 23.9. The molecule has 3 aliphatic rings. The average Bonchev–Trinajstić information content (AvgIpc) is 3.32. The van der Waals surface area contributed by atoms with Crippen molar-refractivity contribution in [1.82, 2.24) is 19.6 Å². The monoisotopic (exact) mass is 590 g/mol. The molecular formula is C31H35ClF4N4O. The molecule has 1 aliphatic carbocycles. The Bertz CT molecular complexity index is 1380. The Balaban J connectivity index is 0.00000337. The predicted octanol–water partition coefficient (Wildman–Crippen LogP) is 6.98. The second kappa shape index (κ2) is 11.4. The maximum atomic E-state index is 13.8. The summed E-state index contributed by atoms with van der Waals surface area (Å²) in [7, 11) is 0. The van der Waals surface area contributed by atoms with E-state index in [1.165, 1.54) is 18.2 Å². The van der Waals surface area contributed by atoms with Crippen molar-refractivity contribution in [2.75, 3.05) is 26.2 Å². The highest BCUT2D eigenvalue weighted by atomic mass is 35.5. The van der Waals surface area contributed by atoms with Gasteiger partial charge in [-0.2, -0.15) is 18.3 Å². The van der Waals surface area contributed by atoms with Crippen LogP contribution < -0.4 is 0 Å². The van der Waals surface area contributed by atoms with Gasteiger partial charge in [-0.3, -0.25) is 14.4 Å². The number of amides is 1. The van der Waals surface area contributed by atoms with Crippen LogP contribution in [0.15, 0.2) is 54.7 Å². The molecule has 41 heavy (non-hydrogen) atoms. The number of rotatable bonds is 6. The second-order valence-corrected chi connectivity index (χ2v) is 11.9. The van der Waals surface area contributed by atoms with Gasteiger partial charge in [-0.25, -0.2) is 4.39 Å². The molecule has 2 aliphatic heterocycles. The quantitative estimate of drug-likeness (QED) is 0.291. The second-order valence-electron chi connectivity index (χ2n) is 11.9. The maximum Gasteiger partial charge on any atom is 0.416 e. The van der Waals surface area contributed by atoms with E-state index < -0.39 is 11.7 Å². The van der Waals surface area contributed by atoms with Crippen molar-refractivity contribution < 1.29 is 22.4 Å². The first-order valence-corrected chi connectivity index (χ1v) is 14.1. The van der Waals surface area contributed by atoms with Gasteiger partial charge in [-0.1, -0.05) is 37.3 Å². The maximum absolute atomic E-state index is 13.8. The fraction of sp³-hybridized carbons (Fsp3) is 0.484. The van der Waals surface area contributed by atoms with E-state index >= 15 is 0 Å². The molecule has 3 fully saturated rings. The Morgan fingerprint density at radius 1 is 1.00 bits per heavy atom. The van der Waals surface area contributed by atoms with Crippen molar-refractivity contribution in [1.29, 1.82) is 0 Å². The van der Waals surface area contributed by atoms with Gasteiger partial charge in [0, 0.05) is 44.1 Å². The summed E-state index contributed by atoms with van der Waals surface area (Å²) in [5, 5.41) is 4.74. The Labute approximate surface area is 243 Å². The minimum atomic E-state index is -4.42. The van der Waals surface area contributed by atoms with E-state index in [2.05, 4.69) is 16.5 Å². The van der Waals surface area contributed by atoms with Crippen molar-refractivity contribution in [3.05, 3.63) is 88.5 Å². The van der Waals surface area contributed by atoms with Crippen LogP contribution in [0.25, 0.3) is 0 Å². The normalized spacial score (nSPS) is 21.1. The van der Waals surface area contributed by atoms with Crippen LogP contribution in [0.4, 0.5) is 17.6 Å². The lowest BCUT2D eigenvalue weighted by molar-refractivity contribution is -0.138. The summed E-state index contributed by atoms with van der Waals surface area (Å²) in [5.74, 6) is -0.708. The summed E-state index contributed by atoms with van der Waals surface area (Å²) in [6, 6.07) is 12.5. The predicted molar refractivity (Wildman–Crippen MR) is 151 cm³/mol. The van der Waals surface area contributed by atoms with E-state index in [9.17, 15) is 22.4 Å². The van der Waals surface area contributed by atoms with Crippen molar-refractivity contribution in [2.45, 2.75) is 69.1 Å². The number of likely N-dealkylation sites (tertiary alicyclic amines) is 2. The van der Waals surface area contributed by atoms with Crippen molar-refractivity contribution in [3.8, 4) is 0 Å². The van der Waals surface area contributed by atoms with Crippen LogP contribution in [0, 0.1) is 5.82 Å². The van der Waals surface area contributed by atoms with E-state index in [-0.39, 0.29) is 53.6 Å². The van der Waals surface area contributed by atoms with Crippen molar-refractivity contribution in [3.63, 3.8) is 0 Å². The molecule has 6 rings (SSSR count). The Morgan fingerprint density at radius 2 is 1.68 bits per heavy atom. The van der Waals surface area contributed by atoms with Crippen LogP contribution in [0.2, 0.25) is 0 Å². The molecule has 2 saturated heterocycles. The highest BCUT2D eigenvalue weighted by Crippen LogP contribution is 2.50. The molecule has 1 aromatic heterocycles. The highest BCUT2D eigenvalue weighted by molar-refractivity contribution is 5.96. The molecule has 2 aromatic carbocycles. The molecule has 0 bridgehead atoms. The van der Waals surface area contributed by atoms with Crippen molar-refractivity contribution >= 4 is 18.3 Å². The van der Waals surface area contributed by atoms with Gasteiger partial charge in [0.1, 0.15) is 5.82 Å². The molecule has 220 valence electrons. The van der Waals surface area contributed by atoms with Gasteiger partial charge in [0.15, 0.2) is 0 Å². The number of piperidine rings is 1. The highest BCUT2D eigenvalue weighted by Gasteiger charge is 2.47. The SMILES string of the molecule is CC1(c2c(C(=O)N3CCC(c4ccccc4C(F)(F)F)C3)cnn2C2CCN(Cc3ccc(F)cc3)CC2)CC1.Cl. The van der Waals surface area contributed by atoms with Crippen LogP contribution in [0.3, 0.4) is 0 Å². The Kier molecular flexibility index (Phi) is 8.23. The van der Waals surface area contributed by atoms with Crippen LogP contribution in [-0.4, -0.2) is 51.7 Å². The van der Waals surface area contributed by atoms with Crippen LogP contribution in [-0.2, 0) is 18.1 Å². The van der Waals surface area contributed by atoms with Gasteiger partial charge in [0.25, 0.3) is 5.91 Å². The Hall–Kier alpha value is -2.91. The largest absolute Gasteiger partial charge is 0.416 e. The number of hydrogen-bond acceptors (Lipinski definition) is 3. The zero-order chi connectivity index (χ0) is 28.1. The summed E-state index contributed by atoms with van der Waals surface area (Å²) < 4.78 is 56.2. The standard InChI is InChI=1S/C31H34F4N4O.ClH/c1-30(13-14-30)28-26(29(40)38-17-10-22(20-38)25-4-2-3-5-27(25)31(33,34)35)18-36-39(28)24-11-15-37(16-12-24)19-21-6-8-23(32)9-7-21;/h2-9,18,22,24H,10-17,19-20H2,1H3;1H. The zero-order valence-electron chi connectivity index (χ0n) is 23.0. The summed E-state index contributed by atoms with van der Waals surface area (Å²) in [4.78, 5) is 17.9. The van der Waals surface area contributed by atoms with Gasteiger partial charge >= 0.3 is 6.18 Å². The van der Waals surface area contributed by atoms with Gasteiger partial charge in [0.05, 0.1) is 29.1 Å². The first-order valence-electron chi connectivity index (χ1n) is 14.1. The lowest BCUT2D eigenvalue weighted by atomic mass is 9.93. The number of halogens is 5. The number of aromatic nitrogens is 2. The molecule has 1 saturated carbocycles. The van der Waals surface area contributed by atoms with Gasteiger partial charge in [-0.05, 0) is 61.4 Å². The summed E-state index contributed by atoms with van der Waals surface area (Å²) in [6.07, 6.45) is 1.56. The van der Waals surface area contributed by atoms with Gasteiger partial charge < -0.3 is 4.90 Å². The number of benzene rings is 2. The third-order valence-corrected chi connectivity index (χ3v) is 9.00. The number of carbonyl (C=O) groups excluding carboxylic acids is 1. The molecule has 10 heteroatoms. The third-order valence-electron chi connectivity index (χ3n) is 9.00. The summed E-state index contributed by atoms with van der Waals surface area (Å²) >= 11 is 0. The molecule has 5 nitrogen and oxygen atoms in total.